The van der Waals surface area contributed by atoms with Gasteiger partial charge in [-0.3, -0.25) is 0 Å². The van der Waals surface area contributed by atoms with Crippen LogP contribution in [0.25, 0.3) is 0 Å². The first kappa shape index (κ1) is 7.69. The van der Waals surface area contributed by atoms with Crippen molar-refractivity contribution in [3.63, 3.8) is 0 Å². The van der Waals surface area contributed by atoms with E-state index in [1.807, 2.05) is 13.0 Å². The Morgan fingerprint density at radius 3 is 2.80 bits per heavy atom. The minimum absolute atomic E-state index is 0.396. The molecule has 0 aliphatic rings. The molecule has 1 heterocycles. The summed E-state index contributed by atoms with van der Waals surface area (Å²) in [5, 5.41) is 9.17. The van der Waals surface area contributed by atoms with Crippen LogP contribution in [0, 0.1) is 6.92 Å². The van der Waals surface area contributed by atoms with Gasteiger partial charge in [0.25, 0.3) is 0 Å². The number of hydrogen-bond donors (Lipinski definition) is 2. The van der Waals surface area contributed by atoms with Crippen LogP contribution in [0.4, 0.5) is 0 Å². The molecule has 0 amide bonds. The van der Waals surface area contributed by atoms with Crippen molar-refractivity contribution in [2.75, 3.05) is 5.75 Å². The monoisotopic (exact) mass is 158 g/mol. The molecule has 1 N–H and O–H groups in total. The van der Waals surface area contributed by atoms with Crippen LogP contribution in [0.15, 0.2) is 16.5 Å². The van der Waals surface area contributed by atoms with E-state index in [1.54, 1.807) is 6.07 Å². The van der Waals surface area contributed by atoms with E-state index in [9.17, 15) is 5.11 Å². The highest BCUT2D eigenvalue weighted by molar-refractivity contribution is 7.80. The third-order valence-corrected chi connectivity index (χ3v) is 1.61. The van der Waals surface area contributed by atoms with Crippen LogP contribution in [0.2, 0.25) is 0 Å². The molecule has 10 heavy (non-hydrogen) atoms. The summed E-state index contributed by atoms with van der Waals surface area (Å²) < 4.78 is 5.14. The number of aliphatic hydroxyl groups excluding tert-OH is 1. The molecule has 0 saturated carbocycles. The number of hydrogen-bond acceptors (Lipinski definition) is 3. The Hall–Kier alpha value is -0.410. The summed E-state index contributed by atoms with van der Waals surface area (Å²) in [6.45, 7) is 1.84. The lowest BCUT2D eigenvalue weighted by Crippen LogP contribution is -1.95. The first-order valence-electron chi connectivity index (χ1n) is 3.09. The Morgan fingerprint density at radius 1 is 1.70 bits per heavy atom. The minimum Gasteiger partial charge on any atom is -0.464 e. The number of furan rings is 1. The van der Waals surface area contributed by atoms with Crippen LogP contribution in [-0.4, -0.2) is 10.9 Å². The topological polar surface area (TPSA) is 33.4 Å². The van der Waals surface area contributed by atoms with Crippen LogP contribution < -0.4 is 0 Å². The van der Waals surface area contributed by atoms with Gasteiger partial charge < -0.3 is 9.52 Å². The summed E-state index contributed by atoms with van der Waals surface area (Å²) in [5.74, 6) is 1.80. The van der Waals surface area contributed by atoms with Gasteiger partial charge in [-0.2, -0.15) is 12.6 Å². The lowest BCUT2D eigenvalue weighted by molar-refractivity contribution is 0.173. The second kappa shape index (κ2) is 3.12. The molecule has 0 saturated heterocycles. The maximum absolute atomic E-state index is 9.17. The van der Waals surface area contributed by atoms with Gasteiger partial charge >= 0.3 is 0 Å². The summed E-state index contributed by atoms with van der Waals surface area (Å²) in [6.07, 6.45) is -0.572. The molecule has 0 bridgehead atoms. The zero-order valence-electron chi connectivity index (χ0n) is 5.74. The van der Waals surface area contributed by atoms with Crippen molar-refractivity contribution in [2.24, 2.45) is 0 Å². The molecule has 0 aromatic carbocycles. The quantitative estimate of drug-likeness (QED) is 0.640. The maximum atomic E-state index is 9.17. The molecular weight excluding hydrogens is 148 g/mol. The Bertz CT molecular complexity index is 207. The van der Waals surface area contributed by atoms with Gasteiger partial charge in [0.1, 0.15) is 17.6 Å². The zero-order valence-corrected chi connectivity index (χ0v) is 6.64. The van der Waals surface area contributed by atoms with Crippen LogP contribution >= 0.6 is 12.6 Å². The number of aryl methyl sites for hydroxylation is 1. The van der Waals surface area contributed by atoms with E-state index in [1.165, 1.54) is 0 Å². The highest BCUT2D eigenvalue weighted by Gasteiger charge is 2.07. The molecule has 0 radical (unpaired) electrons. The van der Waals surface area contributed by atoms with Crippen molar-refractivity contribution in [3.05, 3.63) is 23.7 Å². The third-order valence-electron chi connectivity index (χ3n) is 1.26. The van der Waals surface area contributed by atoms with Crippen LogP contribution in [0.3, 0.4) is 0 Å². The fraction of sp³-hybridized carbons (Fsp3) is 0.429. The van der Waals surface area contributed by atoms with Gasteiger partial charge in [-0.05, 0) is 19.1 Å². The smallest absolute Gasteiger partial charge is 0.133 e. The molecule has 0 spiro atoms. The Balaban J connectivity index is 2.74. The van der Waals surface area contributed by atoms with E-state index < -0.39 is 6.10 Å². The molecule has 3 heteroatoms. The molecule has 1 unspecified atom stereocenters. The second-order valence-electron chi connectivity index (χ2n) is 2.15. The molecule has 1 aromatic heterocycles. The average Bonchev–Trinajstić information content (AvgIpc) is 2.34. The Morgan fingerprint density at radius 2 is 2.40 bits per heavy atom. The fourth-order valence-corrected chi connectivity index (χ4v) is 0.902. The van der Waals surface area contributed by atoms with Crippen LogP contribution in [0.1, 0.15) is 17.6 Å². The van der Waals surface area contributed by atoms with Crippen molar-refractivity contribution in [3.8, 4) is 0 Å². The molecular formula is C7H10O2S. The zero-order chi connectivity index (χ0) is 7.56. The molecule has 1 rings (SSSR count). The molecule has 0 aliphatic carbocycles. The summed E-state index contributed by atoms with van der Waals surface area (Å²) >= 11 is 3.93. The normalized spacial score (nSPS) is 13.5. The SMILES string of the molecule is Cc1ccc(C(O)CS)o1. The molecule has 0 fully saturated rings. The van der Waals surface area contributed by atoms with Gasteiger partial charge in [0, 0.05) is 5.75 Å². The summed E-state index contributed by atoms with van der Waals surface area (Å²) in [4.78, 5) is 0. The molecule has 2 nitrogen and oxygen atoms in total. The van der Waals surface area contributed by atoms with Crippen LogP contribution in [0.5, 0.6) is 0 Å². The van der Waals surface area contributed by atoms with Crippen molar-refractivity contribution < 1.29 is 9.52 Å². The molecule has 56 valence electrons. The number of thiol groups is 1. The van der Waals surface area contributed by atoms with Gasteiger partial charge in [0.15, 0.2) is 0 Å². The summed E-state index contributed by atoms with van der Waals surface area (Å²) in [6, 6.07) is 3.58. The Kier molecular flexibility index (Phi) is 2.40. The van der Waals surface area contributed by atoms with E-state index in [0.717, 1.165) is 5.76 Å². The van der Waals surface area contributed by atoms with Gasteiger partial charge in [-0.25, -0.2) is 0 Å². The van der Waals surface area contributed by atoms with E-state index in [0.29, 0.717) is 11.5 Å². The summed E-state index contributed by atoms with van der Waals surface area (Å²) in [7, 11) is 0. The Labute approximate surface area is 65.3 Å². The molecule has 0 aliphatic heterocycles. The van der Waals surface area contributed by atoms with Crippen molar-refractivity contribution >= 4 is 12.6 Å². The van der Waals surface area contributed by atoms with E-state index in [4.69, 9.17) is 4.42 Å². The predicted octanol–water partition coefficient (Wildman–Crippen LogP) is 1.55. The van der Waals surface area contributed by atoms with E-state index in [-0.39, 0.29) is 0 Å². The largest absolute Gasteiger partial charge is 0.464 e. The summed E-state index contributed by atoms with van der Waals surface area (Å²) in [5.41, 5.74) is 0. The van der Waals surface area contributed by atoms with Crippen LogP contribution in [-0.2, 0) is 0 Å². The van der Waals surface area contributed by atoms with Crippen molar-refractivity contribution in [1.29, 1.82) is 0 Å². The number of aliphatic hydroxyl groups is 1. The highest BCUT2D eigenvalue weighted by Crippen LogP contribution is 2.16. The van der Waals surface area contributed by atoms with Crippen molar-refractivity contribution in [1.82, 2.24) is 0 Å². The van der Waals surface area contributed by atoms with Gasteiger partial charge in [0.2, 0.25) is 0 Å². The van der Waals surface area contributed by atoms with Gasteiger partial charge in [0.05, 0.1) is 0 Å². The second-order valence-corrected chi connectivity index (χ2v) is 2.51. The lowest BCUT2D eigenvalue weighted by atomic mass is 10.3. The van der Waals surface area contributed by atoms with Gasteiger partial charge in [-0.1, -0.05) is 0 Å². The average molecular weight is 158 g/mol. The standard InChI is InChI=1S/C7H10O2S/c1-5-2-3-7(9-5)6(8)4-10/h2-3,6,8,10H,4H2,1H3. The highest BCUT2D eigenvalue weighted by atomic mass is 32.1. The fourth-order valence-electron chi connectivity index (χ4n) is 0.722. The predicted molar refractivity (Wildman–Crippen MR) is 42.3 cm³/mol. The maximum Gasteiger partial charge on any atom is 0.133 e. The number of rotatable bonds is 2. The molecule has 1 aromatic rings. The minimum atomic E-state index is -0.572. The first-order chi connectivity index (χ1) is 4.74. The lowest BCUT2D eigenvalue weighted by Gasteiger charge is -2.00. The molecule has 1 atom stereocenters. The van der Waals surface area contributed by atoms with Gasteiger partial charge in [-0.15, -0.1) is 0 Å². The first-order valence-corrected chi connectivity index (χ1v) is 3.72. The van der Waals surface area contributed by atoms with E-state index in [2.05, 4.69) is 12.6 Å². The third kappa shape index (κ3) is 1.55. The van der Waals surface area contributed by atoms with E-state index >= 15 is 0 Å². The van der Waals surface area contributed by atoms with Crippen molar-refractivity contribution in [2.45, 2.75) is 13.0 Å².